The lowest BCUT2D eigenvalue weighted by molar-refractivity contribution is 0.00578. The molecular formula is C15H18BNO3. The van der Waals surface area contributed by atoms with Gasteiger partial charge in [-0.15, -0.1) is 0 Å². The van der Waals surface area contributed by atoms with Crippen LogP contribution in [0.15, 0.2) is 30.6 Å². The third-order valence-corrected chi connectivity index (χ3v) is 4.34. The van der Waals surface area contributed by atoms with Crippen LogP contribution in [0.1, 0.15) is 27.7 Å². The van der Waals surface area contributed by atoms with Crippen molar-refractivity contribution in [3.05, 3.63) is 30.6 Å². The number of phenolic OH excluding ortho intramolecular Hbond substituents is 1. The number of benzene rings is 1. The van der Waals surface area contributed by atoms with Crippen LogP contribution >= 0.6 is 0 Å². The molecule has 1 saturated heterocycles. The van der Waals surface area contributed by atoms with Crippen molar-refractivity contribution in [1.29, 1.82) is 0 Å². The second-order valence-electron chi connectivity index (χ2n) is 6.18. The van der Waals surface area contributed by atoms with Crippen molar-refractivity contribution in [3.63, 3.8) is 0 Å². The van der Waals surface area contributed by atoms with Crippen LogP contribution in [0.5, 0.6) is 5.75 Å². The van der Waals surface area contributed by atoms with E-state index in [2.05, 4.69) is 4.98 Å². The molecule has 2 aromatic rings. The molecule has 0 unspecified atom stereocenters. The number of nitrogens with zero attached hydrogens (tertiary/aromatic N) is 1. The summed E-state index contributed by atoms with van der Waals surface area (Å²) >= 11 is 0. The topological polar surface area (TPSA) is 51.6 Å². The summed E-state index contributed by atoms with van der Waals surface area (Å²) in [4.78, 5) is 4.14. The normalized spacial score (nSPS) is 20.5. The Labute approximate surface area is 118 Å². The van der Waals surface area contributed by atoms with E-state index in [0.29, 0.717) is 0 Å². The summed E-state index contributed by atoms with van der Waals surface area (Å²) in [5.41, 5.74) is 0.123. The molecule has 0 radical (unpaired) electrons. The Morgan fingerprint density at radius 3 is 2.30 bits per heavy atom. The Morgan fingerprint density at radius 1 is 1.00 bits per heavy atom. The van der Waals surface area contributed by atoms with E-state index in [1.54, 1.807) is 24.5 Å². The maximum atomic E-state index is 9.93. The molecule has 104 valence electrons. The largest absolute Gasteiger partial charge is 0.507 e. The van der Waals surface area contributed by atoms with Gasteiger partial charge in [-0.1, -0.05) is 6.07 Å². The number of hydrogen-bond donors (Lipinski definition) is 1. The molecule has 0 aliphatic carbocycles. The van der Waals surface area contributed by atoms with Gasteiger partial charge in [0, 0.05) is 23.2 Å². The maximum Gasteiger partial charge on any atom is 0.495 e. The van der Waals surface area contributed by atoms with Crippen molar-refractivity contribution < 1.29 is 14.4 Å². The SMILES string of the molecule is CC1(C)OB(c2ccc(O)c3ccncc23)OC1(C)C. The van der Waals surface area contributed by atoms with Gasteiger partial charge in [-0.25, -0.2) is 0 Å². The van der Waals surface area contributed by atoms with E-state index in [1.165, 1.54) is 0 Å². The highest BCUT2D eigenvalue weighted by atomic mass is 16.7. The average Bonchev–Trinajstić information content (AvgIpc) is 2.59. The smallest absolute Gasteiger partial charge is 0.495 e. The first kappa shape index (κ1) is 13.4. The van der Waals surface area contributed by atoms with Gasteiger partial charge in [-0.2, -0.15) is 0 Å². The van der Waals surface area contributed by atoms with E-state index in [4.69, 9.17) is 9.31 Å². The standard InChI is InChI=1S/C15H18BNO3/c1-14(2)15(3,4)20-16(19-14)12-5-6-13(18)10-7-8-17-9-11(10)12/h5-9,18H,1-4H3. The number of phenols is 1. The van der Waals surface area contributed by atoms with Crippen LogP contribution < -0.4 is 5.46 Å². The minimum atomic E-state index is -0.452. The van der Waals surface area contributed by atoms with Gasteiger partial charge in [0.1, 0.15) is 5.75 Å². The summed E-state index contributed by atoms with van der Waals surface area (Å²) in [6, 6.07) is 5.30. The first-order chi connectivity index (χ1) is 9.32. The lowest BCUT2D eigenvalue weighted by atomic mass is 9.76. The third kappa shape index (κ3) is 1.89. The van der Waals surface area contributed by atoms with Crippen LogP contribution in [0.4, 0.5) is 0 Å². The van der Waals surface area contributed by atoms with Crippen LogP contribution in [-0.4, -0.2) is 28.4 Å². The fourth-order valence-electron chi connectivity index (χ4n) is 2.37. The highest BCUT2D eigenvalue weighted by Gasteiger charge is 2.52. The minimum absolute atomic E-state index is 0.239. The molecule has 5 heteroatoms. The predicted octanol–water partition coefficient (Wildman–Crippen LogP) is 2.24. The Balaban J connectivity index is 2.11. The minimum Gasteiger partial charge on any atom is -0.507 e. The first-order valence-electron chi connectivity index (χ1n) is 6.73. The Kier molecular flexibility index (Phi) is 2.82. The molecule has 1 fully saturated rings. The van der Waals surface area contributed by atoms with Crippen LogP contribution in [0.25, 0.3) is 10.8 Å². The third-order valence-electron chi connectivity index (χ3n) is 4.34. The van der Waals surface area contributed by atoms with Crippen molar-refractivity contribution in [2.75, 3.05) is 0 Å². The van der Waals surface area contributed by atoms with Gasteiger partial charge in [0.15, 0.2) is 0 Å². The first-order valence-corrected chi connectivity index (χ1v) is 6.73. The summed E-state index contributed by atoms with van der Waals surface area (Å²) in [6.45, 7) is 8.09. The zero-order valence-corrected chi connectivity index (χ0v) is 12.2. The molecule has 1 aromatic heterocycles. The van der Waals surface area contributed by atoms with Gasteiger partial charge in [0.05, 0.1) is 11.2 Å². The lowest BCUT2D eigenvalue weighted by Crippen LogP contribution is -2.41. The van der Waals surface area contributed by atoms with Crippen LogP contribution in [0.3, 0.4) is 0 Å². The summed E-state index contributed by atoms with van der Waals surface area (Å²) in [5.74, 6) is 0.239. The molecule has 0 spiro atoms. The fraction of sp³-hybridized carbons (Fsp3) is 0.400. The number of pyridine rings is 1. The second-order valence-corrected chi connectivity index (χ2v) is 6.18. The van der Waals surface area contributed by atoms with Crippen molar-refractivity contribution in [3.8, 4) is 5.75 Å². The van der Waals surface area contributed by atoms with Gasteiger partial charge in [0.25, 0.3) is 0 Å². The Hall–Kier alpha value is -1.59. The van der Waals surface area contributed by atoms with Gasteiger partial charge in [0.2, 0.25) is 0 Å². The van der Waals surface area contributed by atoms with Crippen molar-refractivity contribution >= 4 is 23.4 Å². The number of aromatic hydroxyl groups is 1. The number of hydrogen-bond acceptors (Lipinski definition) is 4. The maximum absolute atomic E-state index is 9.93. The molecule has 3 rings (SSSR count). The van der Waals surface area contributed by atoms with E-state index >= 15 is 0 Å². The quantitative estimate of drug-likeness (QED) is 0.808. The van der Waals surface area contributed by atoms with Crippen LogP contribution in [0, 0.1) is 0 Å². The highest BCUT2D eigenvalue weighted by molar-refractivity contribution is 6.65. The molecule has 0 saturated carbocycles. The molecule has 0 bridgehead atoms. The summed E-state index contributed by atoms with van der Waals surface area (Å²) in [6.07, 6.45) is 3.39. The van der Waals surface area contributed by atoms with Crippen molar-refractivity contribution in [2.24, 2.45) is 0 Å². The number of aromatic nitrogens is 1. The summed E-state index contributed by atoms with van der Waals surface area (Å²) in [5, 5.41) is 11.5. The lowest BCUT2D eigenvalue weighted by Gasteiger charge is -2.32. The van der Waals surface area contributed by atoms with Crippen LogP contribution in [-0.2, 0) is 9.31 Å². The van der Waals surface area contributed by atoms with Crippen LogP contribution in [0.2, 0.25) is 0 Å². The molecule has 0 atom stereocenters. The monoisotopic (exact) mass is 271 g/mol. The second kappa shape index (κ2) is 4.20. The molecule has 20 heavy (non-hydrogen) atoms. The van der Waals surface area contributed by atoms with Gasteiger partial charge in [-0.3, -0.25) is 4.98 Å². The summed E-state index contributed by atoms with van der Waals surface area (Å²) < 4.78 is 12.1. The molecule has 1 aromatic carbocycles. The Bertz CT molecular complexity index is 653. The van der Waals surface area contributed by atoms with Gasteiger partial charge >= 0.3 is 7.12 Å². The Morgan fingerprint density at radius 2 is 1.65 bits per heavy atom. The molecule has 4 nitrogen and oxygen atoms in total. The van der Waals surface area contributed by atoms with E-state index < -0.39 is 7.12 Å². The zero-order chi connectivity index (χ0) is 14.5. The van der Waals surface area contributed by atoms with E-state index in [9.17, 15) is 5.11 Å². The molecule has 1 aliphatic rings. The molecule has 1 N–H and O–H groups in total. The average molecular weight is 271 g/mol. The highest BCUT2D eigenvalue weighted by Crippen LogP contribution is 2.37. The number of fused-ring (bicyclic) bond motifs is 1. The van der Waals surface area contributed by atoms with E-state index in [0.717, 1.165) is 16.2 Å². The van der Waals surface area contributed by atoms with Crippen molar-refractivity contribution in [2.45, 2.75) is 38.9 Å². The van der Waals surface area contributed by atoms with E-state index in [-0.39, 0.29) is 17.0 Å². The predicted molar refractivity (Wildman–Crippen MR) is 79.1 cm³/mol. The zero-order valence-electron chi connectivity index (χ0n) is 12.2. The molecule has 0 amide bonds. The van der Waals surface area contributed by atoms with Gasteiger partial charge < -0.3 is 14.4 Å². The van der Waals surface area contributed by atoms with Crippen molar-refractivity contribution in [1.82, 2.24) is 4.98 Å². The number of rotatable bonds is 1. The molecule has 2 heterocycles. The van der Waals surface area contributed by atoms with Gasteiger partial charge in [-0.05, 0) is 45.3 Å². The molecular weight excluding hydrogens is 253 g/mol. The fourth-order valence-corrected chi connectivity index (χ4v) is 2.37. The molecule has 1 aliphatic heterocycles. The van der Waals surface area contributed by atoms with E-state index in [1.807, 2.05) is 33.8 Å². The summed E-state index contributed by atoms with van der Waals surface area (Å²) in [7, 11) is -0.452.